The number of piperazine rings is 1. The molecular formula is C15H26N2O3. The molecule has 0 aromatic heterocycles. The summed E-state index contributed by atoms with van der Waals surface area (Å²) in [7, 11) is 0. The van der Waals surface area contributed by atoms with Crippen LogP contribution in [-0.2, 0) is 14.2 Å². The van der Waals surface area contributed by atoms with E-state index >= 15 is 0 Å². The topological polar surface area (TPSA) is 52.9 Å². The van der Waals surface area contributed by atoms with Gasteiger partial charge in [0.05, 0.1) is 38.1 Å². The lowest BCUT2D eigenvalue weighted by atomic mass is 9.91. The van der Waals surface area contributed by atoms with Gasteiger partial charge < -0.3 is 19.5 Å². The molecule has 0 spiro atoms. The van der Waals surface area contributed by atoms with E-state index in [0.717, 1.165) is 45.8 Å². The number of hydrogen-bond donors (Lipinski definition) is 1. The van der Waals surface area contributed by atoms with Crippen LogP contribution < -0.4 is 5.32 Å². The van der Waals surface area contributed by atoms with E-state index in [1.54, 1.807) is 0 Å². The van der Waals surface area contributed by atoms with Crippen LogP contribution in [0.1, 0.15) is 26.2 Å². The van der Waals surface area contributed by atoms with Crippen molar-refractivity contribution in [1.82, 2.24) is 10.2 Å². The lowest BCUT2D eigenvalue weighted by molar-refractivity contribution is 0.0701. The first-order valence-electron chi connectivity index (χ1n) is 8.16. The van der Waals surface area contributed by atoms with Crippen molar-refractivity contribution in [2.24, 2.45) is 0 Å². The first-order valence-corrected chi connectivity index (χ1v) is 8.16. The molecule has 0 aliphatic carbocycles. The van der Waals surface area contributed by atoms with E-state index in [2.05, 4.69) is 17.1 Å². The van der Waals surface area contributed by atoms with Crippen LogP contribution in [0, 0.1) is 0 Å². The molecule has 4 aliphatic heterocycles. The van der Waals surface area contributed by atoms with Crippen molar-refractivity contribution < 1.29 is 14.2 Å². The molecule has 4 aliphatic rings. The zero-order chi connectivity index (χ0) is 13.5. The lowest BCUT2D eigenvalue weighted by Gasteiger charge is -2.45. The van der Waals surface area contributed by atoms with Crippen LogP contribution in [0.3, 0.4) is 0 Å². The molecular weight excluding hydrogens is 256 g/mol. The molecule has 0 amide bonds. The van der Waals surface area contributed by atoms with Crippen LogP contribution in [-0.4, -0.2) is 74.2 Å². The monoisotopic (exact) mass is 282 g/mol. The maximum Gasteiger partial charge on any atom is 0.0825 e. The van der Waals surface area contributed by atoms with Crippen molar-refractivity contribution in [3.8, 4) is 0 Å². The van der Waals surface area contributed by atoms with Crippen LogP contribution in [0.4, 0.5) is 0 Å². The fraction of sp³-hybridized carbons (Fsp3) is 1.00. The standard InChI is InChI=1S/C15H26N2O3/c1-2-17-6-10(3-11-7-18-11)16-14(4-12-8-19-12)15(17)5-13-9-20-13/h10-16H,2-9H2,1H3. The first-order chi connectivity index (χ1) is 9.81. The molecule has 4 heterocycles. The van der Waals surface area contributed by atoms with E-state index in [1.165, 1.54) is 6.42 Å². The summed E-state index contributed by atoms with van der Waals surface area (Å²) in [6, 6.07) is 1.72. The molecule has 6 atom stereocenters. The van der Waals surface area contributed by atoms with E-state index in [4.69, 9.17) is 14.2 Å². The van der Waals surface area contributed by atoms with Crippen molar-refractivity contribution in [2.45, 2.75) is 62.6 Å². The van der Waals surface area contributed by atoms with E-state index in [1.807, 2.05) is 0 Å². The first kappa shape index (κ1) is 13.5. The fourth-order valence-corrected chi connectivity index (χ4v) is 3.67. The van der Waals surface area contributed by atoms with Crippen molar-refractivity contribution in [2.75, 3.05) is 32.9 Å². The van der Waals surface area contributed by atoms with Crippen molar-refractivity contribution in [3.05, 3.63) is 0 Å². The van der Waals surface area contributed by atoms with Crippen LogP contribution in [0.2, 0.25) is 0 Å². The Bertz CT molecular complexity index is 342. The highest BCUT2D eigenvalue weighted by Crippen LogP contribution is 2.30. The summed E-state index contributed by atoms with van der Waals surface area (Å²) in [4.78, 5) is 2.65. The third kappa shape index (κ3) is 3.34. The normalized spacial score (nSPS) is 47.2. The van der Waals surface area contributed by atoms with E-state index in [9.17, 15) is 0 Å². The summed E-state index contributed by atoms with van der Waals surface area (Å²) in [5.41, 5.74) is 0. The smallest absolute Gasteiger partial charge is 0.0825 e. The van der Waals surface area contributed by atoms with Crippen molar-refractivity contribution in [3.63, 3.8) is 0 Å². The van der Waals surface area contributed by atoms with Crippen molar-refractivity contribution in [1.29, 1.82) is 0 Å². The van der Waals surface area contributed by atoms with Crippen LogP contribution in [0.5, 0.6) is 0 Å². The molecule has 1 N–H and O–H groups in total. The van der Waals surface area contributed by atoms with E-state index in [0.29, 0.717) is 36.4 Å². The zero-order valence-corrected chi connectivity index (χ0v) is 12.3. The van der Waals surface area contributed by atoms with Gasteiger partial charge in [0.1, 0.15) is 0 Å². The van der Waals surface area contributed by atoms with Crippen molar-refractivity contribution >= 4 is 0 Å². The minimum absolute atomic E-state index is 0.491. The Labute approximate surface area is 120 Å². The maximum atomic E-state index is 5.47. The Kier molecular flexibility index (Phi) is 3.73. The van der Waals surface area contributed by atoms with Gasteiger partial charge in [0.15, 0.2) is 0 Å². The number of epoxide rings is 3. The number of rotatable bonds is 7. The Morgan fingerprint density at radius 1 is 0.950 bits per heavy atom. The summed E-state index contributed by atoms with van der Waals surface area (Å²) in [5, 5.41) is 3.89. The quantitative estimate of drug-likeness (QED) is 0.684. The molecule has 4 saturated heterocycles. The Morgan fingerprint density at radius 2 is 1.55 bits per heavy atom. The predicted octanol–water partition coefficient (Wildman–Crippen LogP) is 0.384. The highest BCUT2D eigenvalue weighted by atomic mass is 16.6. The summed E-state index contributed by atoms with van der Waals surface area (Å²) >= 11 is 0. The van der Waals surface area contributed by atoms with Crippen LogP contribution in [0.25, 0.3) is 0 Å². The second-order valence-electron chi connectivity index (χ2n) is 6.70. The highest BCUT2D eigenvalue weighted by Gasteiger charge is 2.42. The maximum absolute atomic E-state index is 5.47. The molecule has 5 nitrogen and oxygen atoms in total. The zero-order valence-electron chi connectivity index (χ0n) is 12.3. The molecule has 5 heteroatoms. The van der Waals surface area contributed by atoms with Gasteiger partial charge in [-0.1, -0.05) is 6.92 Å². The number of hydrogen-bond acceptors (Lipinski definition) is 5. The fourth-order valence-electron chi connectivity index (χ4n) is 3.67. The van der Waals surface area contributed by atoms with Crippen LogP contribution in [0.15, 0.2) is 0 Å². The van der Waals surface area contributed by atoms with Gasteiger partial charge in [-0.25, -0.2) is 0 Å². The van der Waals surface area contributed by atoms with Gasteiger partial charge in [-0.05, 0) is 25.8 Å². The predicted molar refractivity (Wildman–Crippen MR) is 74.8 cm³/mol. The third-order valence-electron chi connectivity index (χ3n) is 5.02. The third-order valence-corrected chi connectivity index (χ3v) is 5.02. The highest BCUT2D eigenvalue weighted by molar-refractivity contribution is 4.99. The van der Waals surface area contributed by atoms with Gasteiger partial charge >= 0.3 is 0 Å². The molecule has 0 bridgehead atoms. The second kappa shape index (κ2) is 5.54. The average molecular weight is 282 g/mol. The van der Waals surface area contributed by atoms with E-state index in [-0.39, 0.29) is 0 Å². The minimum Gasteiger partial charge on any atom is -0.373 e. The van der Waals surface area contributed by atoms with Gasteiger partial charge in [-0.2, -0.15) is 0 Å². The van der Waals surface area contributed by atoms with Gasteiger partial charge in [0.2, 0.25) is 0 Å². The molecule has 0 aromatic rings. The van der Waals surface area contributed by atoms with Gasteiger partial charge in [0.25, 0.3) is 0 Å². The molecule has 0 saturated carbocycles. The number of nitrogens with one attached hydrogen (secondary N) is 1. The number of likely N-dealkylation sites (N-methyl/N-ethyl adjacent to an activating group) is 1. The number of ether oxygens (including phenoxy) is 3. The number of nitrogens with zero attached hydrogens (tertiary/aromatic N) is 1. The molecule has 20 heavy (non-hydrogen) atoms. The summed E-state index contributed by atoms with van der Waals surface area (Å²) < 4.78 is 16.3. The molecule has 114 valence electrons. The largest absolute Gasteiger partial charge is 0.373 e. The van der Waals surface area contributed by atoms with Crippen LogP contribution >= 0.6 is 0 Å². The summed E-state index contributed by atoms with van der Waals surface area (Å²) in [5.74, 6) is 0. The Morgan fingerprint density at radius 3 is 2.15 bits per heavy atom. The molecule has 4 fully saturated rings. The SMILES string of the molecule is CCN1CC(CC2CO2)NC(CC2CO2)C1CC1CO1. The Balaban J connectivity index is 1.42. The molecule has 6 unspecified atom stereocenters. The summed E-state index contributed by atoms with van der Waals surface area (Å²) in [6.07, 6.45) is 4.98. The van der Waals surface area contributed by atoms with Gasteiger partial charge in [-0.3, -0.25) is 4.90 Å². The lowest BCUT2D eigenvalue weighted by Crippen LogP contribution is -2.63. The molecule has 4 rings (SSSR count). The van der Waals surface area contributed by atoms with E-state index < -0.39 is 0 Å². The molecule has 0 aromatic carbocycles. The second-order valence-corrected chi connectivity index (χ2v) is 6.70. The van der Waals surface area contributed by atoms with Gasteiger partial charge in [-0.15, -0.1) is 0 Å². The van der Waals surface area contributed by atoms with Gasteiger partial charge in [0, 0.05) is 24.7 Å². The summed E-state index contributed by atoms with van der Waals surface area (Å²) in [6.45, 7) is 7.42. The average Bonchev–Trinajstić information content (AvgIpc) is 3.24. The Hall–Kier alpha value is -0.200. The minimum atomic E-state index is 0.491. The molecule has 0 radical (unpaired) electrons.